The minimum atomic E-state index is -0.850. The third-order valence-corrected chi connectivity index (χ3v) is 4.18. The highest BCUT2D eigenvalue weighted by atomic mass is 16.5. The quantitative estimate of drug-likeness (QED) is 0.767. The Kier molecular flexibility index (Phi) is 6.78. The van der Waals surface area contributed by atoms with E-state index in [1.807, 2.05) is 56.3 Å². The molecule has 0 spiro atoms. The molecule has 0 aliphatic carbocycles. The van der Waals surface area contributed by atoms with Gasteiger partial charge in [0.25, 0.3) is 5.91 Å². The number of nitrogens with one attached hydrogen (secondary N) is 1. The molecule has 0 saturated carbocycles. The molecule has 1 amide bonds. The van der Waals surface area contributed by atoms with Gasteiger partial charge in [-0.25, -0.2) is 0 Å². The lowest BCUT2D eigenvalue weighted by Gasteiger charge is -2.16. The molecule has 2 aromatic carbocycles. The predicted molar refractivity (Wildman–Crippen MR) is 101 cm³/mol. The third kappa shape index (κ3) is 5.34. The summed E-state index contributed by atoms with van der Waals surface area (Å²) in [6.07, 6.45) is -0.0844. The monoisotopic (exact) mass is 355 g/mol. The average molecular weight is 355 g/mol. The first-order valence-corrected chi connectivity index (χ1v) is 8.60. The smallest absolute Gasteiger partial charge is 0.306 e. The van der Waals surface area contributed by atoms with Crippen molar-refractivity contribution in [2.45, 2.75) is 39.7 Å². The number of methoxy groups -OCH3 is 1. The van der Waals surface area contributed by atoms with Gasteiger partial charge in [0.05, 0.1) is 7.11 Å². The second-order valence-corrected chi connectivity index (χ2v) is 6.24. The highest BCUT2D eigenvalue weighted by molar-refractivity contribution is 5.96. The summed E-state index contributed by atoms with van der Waals surface area (Å²) in [6.45, 7) is 5.43. The van der Waals surface area contributed by atoms with Gasteiger partial charge in [0.2, 0.25) is 0 Å². The second kappa shape index (κ2) is 9.04. The van der Waals surface area contributed by atoms with Crippen molar-refractivity contribution in [2.75, 3.05) is 12.4 Å². The molecule has 0 aliphatic heterocycles. The number of hydrogen-bond donors (Lipinski definition) is 1. The molecule has 0 saturated heterocycles. The maximum Gasteiger partial charge on any atom is 0.306 e. The number of carbonyl (C=O) groups excluding carboxylic acids is 2. The average Bonchev–Trinajstić information content (AvgIpc) is 2.63. The largest absolute Gasteiger partial charge is 0.497 e. The van der Waals surface area contributed by atoms with Crippen LogP contribution in [0.2, 0.25) is 0 Å². The Morgan fingerprint density at radius 2 is 1.65 bits per heavy atom. The van der Waals surface area contributed by atoms with Crippen molar-refractivity contribution in [2.24, 2.45) is 0 Å². The molecule has 0 bridgehead atoms. The van der Waals surface area contributed by atoms with E-state index in [0.29, 0.717) is 6.42 Å². The van der Waals surface area contributed by atoms with Crippen molar-refractivity contribution >= 4 is 17.6 Å². The van der Waals surface area contributed by atoms with Crippen molar-refractivity contribution in [1.29, 1.82) is 0 Å². The minimum Gasteiger partial charge on any atom is -0.497 e. The summed E-state index contributed by atoms with van der Waals surface area (Å²) in [7, 11) is 1.61. The van der Waals surface area contributed by atoms with Gasteiger partial charge in [-0.1, -0.05) is 30.3 Å². The molecular formula is C21H25NO4. The zero-order chi connectivity index (χ0) is 19.1. The van der Waals surface area contributed by atoms with Crippen LogP contribution in [0.25, 0.3) is 0 Å². The normalized spacial score (nSPS) is 11.5. The van der Waals surface area contributed by atoms with E-state index in [4.69, 9.17) is 9.47 Å². The van der Waals surface area contributed by atoms with E-state index in [2.05, 4.69) is 5.32 Å². The van der Waals surface area contributed by atoms with Gasteiger partial charge in [-0.05, 0) is 56.0 Å². The predicted octanol–water partition coefficient (Wildman–Crippen LogP) is 3.82. The lowest BCUT2D eigenvalue weighted by Crippen LogP contribution is -2.30. The van der Waals surface area contributed by atoms with E-state index < -0.39 is 12.1 Å². The Morgan fingerprint density at radius 3 is 2.23 bits per heavy atom. The molecule has 0 aromatic heterocycles. The van der Waals surface area contributed by atoms with Crippen LogP contribution in [-0.4, -0.2) is 25.1 Å². The Labute approximate surface area is 154 Å². The molecular weight excluding hydrogens is 330 g/mol. The molecule has 0 fully saturated rings. The molecule has 5 nitrogen and oxygen atoms in total. The van der Waals surface area contributed by atoms with Crippen molar-refractivity contribution in [3.05, 3.63) is 59.2 Å². The van der Waals surface area contributed by atoms with E-state index in [0.717, 1.165) is 28.1 Å². The number of benzene rings is 2. The Morgan fingerprint density at radius 1 is 1.04 bits per heavy atom. The van der Waals surface area contributed by atoms with Crippen molar-refractivity contribution in [1.82, 2.24) is 0 Å². The van der Waals surface area contributed by atoms with Crippen molar-refractivity contribution in [3.8, 4) is 5.75 Å². The summed E-state index contributed by atoms with van der Waals surface area (Å²) in [4.78, 5) is 24.3. The van der Waals surface area contributed by atoms with Crippen LogP contribution in [0, 0.1) is 13.8 Å². The van der Waals surface area contributed by atoms with E-state index in [-0.39, 0.29) is 12.3 Å². The first-order valence-electron chi connectivity index (χ1n) is 8.60. The van der Waals surface area contributed by atoms with Crippen molar-refractivity contribution < 1.29 is 19.1 Å². The van der Waals surface area contributed by atoms with Crippen LogP contribution >= 0.6 is 0 Å². The molecule has 1 N–H and O–H groups in total. The highest BCUT2D eigenvalue weighted by Crippen LogP contribution is 2.20. The Hall–Kier alpha value is -2.82. The van der Waals surface area contributed by atoms with Crippen LogP contribution in [0.5, 0.6) is 5.75 Å². The number of hydrogen-bond acceptors (Lipinski definition) is 4. The number of amides is 1. The molecule has 26 heavy (non-hydrogen) atoms. The highest BCUT2D eigenvalue weighted by Gasteiger charge is 2.19. The van der Waals surface area contributed by atoms with E-state index in [9.17, 15) is 9.59 Å². The fourth-order valence-corrected chi connectivity index (χ4v) is 2.58. The first kappa shape index (κ1) is 19.5. The zero-order valence-electron chi connectivity index (χ0n) is 15.7. The lowest BCUT2D eigenvalue weighted by molar-refractivity contribution is -0.153. The number of rotatable bonds is 7. The van der Waals surface area contributed by atoms with Gasteiger partial charge < -0.3 is 14.8 Å². The van der Waals surface area contributed by atoms with Crippen LogP contribution in [0.3, 0.4) is 0 Å². The standard InChI is InChI=1S/C21H25NO4/c1-14-6-5-7-15(2)20(14)22-21(24)16(3)26-19(23)13-10-17-8-11-18(25-4)12-9-17/h5-9,11-12,16H,10,13H2,1-4H3,(H,22,24)/t16-/m0/s1. The number of para-hydroxylation sites is 1. The van der Waals surface area contributed by atoms with Gasteiger partial charge in [-0.3, -0.25) is 9.59 Å². The topological polar surface area (TPSA) is 64.6 Å². The fraction of sp³-hybridized carbons (Fsp3) is 0.333. The molecule has 0 heterocycles. The minimum absolute atomic E-state index is 0.216. The molecule has 1 atom stereocenters. The molecule has 2 aromatic rings. The Balaban J connectivity index is 1.84. The summed E-state index contributed by atoms with van der Waals surface area (Å²) < 4.78 is 10.4. The lowest BCUT2D eigenvalue weighted by atomic mass is 10.1. The molecule has 0 aliphatic rings. The summed E-state index contributed by atoms with van der Waals surface area (Å²) >= 11 is 0. The van der Waals surface area contributed by atoms with Gasteiger partial charge in [0.1, 0.15) is 5.75 Å². The van der Waals surface area contributed by atoms with Gasteiger partial charge in [-0.15, -0.1) is 0 Å². The Bertz CT molecular complexity index is 748. The fourth-order valence-electron chi connectivity index (χ4n) is 2.58. The van der Waals surface area contributed by atoms with Crippen LogP contribution in [-0.2, 0) is 20.7 Å². The summed E-state index contributed by atoms with van der Waals surface area (Å²) in [5, 5.41) is 2.84. The number of ether oxygens (including phenoxy) is 2. The number of aryl methyl sites for hydroxylation is 3. The number of anilines is 1. The SMILES string of the molecule is COc1ccc(CCC(=O)O[C@@H](C)C(=O)Nc2c(C)cccc2C)cc1. The molecule has 5 heteroatoms. The molecule has 138 valence electrons. The van der Waals surface area contributed by atoms with Gasteiger partial charge in [0, 0.05) is 12.1 Å². The number of esters is 1. The second-order valence-electron chi connectivity index (χ2n) is 6.24. The molecule has 0 unspecified atom stereocenters. The maximum atomic E-state index is 12.3. The van der Waals surface area contributed by atoms with Gasteiger partial charge >= 0.3 is 5.97 Å². The maximum absolute atomic E-state index is 12.3. The first-order chi connectivity index (χ1) is 12.4. The van der Waals surface area contributed by atoms with Crippen LogP contribution in [0.4, 0.5) is 5.69 Å². The van der Waals surface area contributed by atoms with E-state index >= 15 is 0 Å². The van der Waals surface area contributed by atoms with Crippen molar-refractivity contribution in [3.63, 3.8) is 0 Å². The van der Waals surface area contributed by atoms with Crippen LogP contribution in [0.15, 0.2) is 42.5 Å². The van der Waals surface area contributed by atoms with Gasteiger partial charge in [0.15, 0.2) is 6.10 Å². The van der Waals surface area contributed by atoms with E-state index in [1.165, 1.54) is 0 Å². The third-order valence-electron chi connectivity index (χ3n) is 4.18. The van der Waals surface area contributed by atoms with Gasteiger partial charge in [-0.2, -0.15) is 0 Å². The van der Waals surface area contributed by atoms with Crippen LogP contribution in [0.1, 0.15) is 30.0 Å². The van der Waals surface area contributed by atoms with E-state index in [1.54, 1.807) is 14.0 Å². The summed E-state index contributed by atoms with van der Waals surface area (Å²) in [6, 6.07) is 13.3. The molecule has 0 radical (unpaired) electrons. The zero-order valence-corrected chi connectivity index (χ0v) is 15.7. The molecule has 2 rings (SSSR count). The number of carbonyl (C=O) groups is 2. The summed E-state index contributed by atoms with van der Waals surface area (Å²) in [5.41, 5.74) is 3.71. The van der Waals surface area contributed by atoms with Crippen LogP contribution < -0.4 is 10.1 Å². The summed E-state index contributed by atoms with van der Waals surface area (Å²) in [5.74, 6) is 0.0401.